The summed E-state index contributed by atoms with van der Waals surface area (Å²) in [7, 11) is 0. The molecule has 0 bridgehead atoms. The van der Waals surface area contributed by atoms with Gasteiger partial charge in [-0.05, 0) is 37.5 Å². The second-order valence-corrected chi connectivity index (χ2v) is 6.73. The standard InChI is InChI=1S/C17H24ClN3/c1-2-11-21-15-8-7-13(18)12-14(15)20-16(21)17(19)9-5-3-4-6-10-17/h7-8,12H,2-6,9-11,19H2,1H3. The van der Waals surface area contributed by atoms with Gasteiger partial charge in [0.2, 0.25) is 0 Å². The minimum Gasteiger partial charge on any atom is -0.326 e. The fraction of sp³-hybridized carbons (Fsp3) is 0.588. The zero-order valence-corrected chi connectivity index (χ0v) is 13.5. The van der Waals surface area contributed by atoms with Crippen molar-refractivity contribution < 1.29 is 0 Å². The molecular formula is C17H24ClN3. The third-order valence-corrected chi connectivity index (χ3v) is 4.83. The minimum atomic E-state index is -0.281. The minimum absolute atomic E-state index is 0.281. The first kappa shape index (κ1) is 14.9. The van der Waals surface area contributed by atoms with E-state index in [1.54, 1.807) is 0 Å². The first-order valence-electron chi connectivity index (χ1n) is 8.09. The van der Waals surface area contributed by atoms with Crippen LogP contribution in [0.4, 0.5) is 0 Å². The second kappa shape index (κ2) is 5.98. The Labute approximate surface area is 131 Å². The van der Waals surface area contributed by atoms with E-state index in [1.165, 1.54) is 25.7 Å². The van der Waals surface area contributed by atoms with Crippen molar-refractivity contribution in [3.8, 4) is 0 Å². The van der Waals surface area contributed by atoms with Gasteiger partial charge in [0.05, 0.1) is 16.6 Å². The summed E-state index contributed by atoms with van der Waals surface area (Å²) < 4.78 is 2.32. The Morgan fingerprint density at radius 3 is 2.62 bits per heavy atom. The predicted molar refractivity (Wildman–Crippen MR) is 88.6 cm³/mol. The number of fused-ring (bicyclic) bond motifs is 1. The fourth-order valence-corrected chi connectivity index (χ4v) is 3.68. The molecule has 1 aromatic heterocycles. The van der Waals surface area contributed by atoms with Crippen molar-refractivity contribution in [2.24, 2.45) is 5.73 Å². The molecule has 0 aliphatic heterocycles. The van der Waals surface area contributed by atoms with Crippen LogP contribution in [0.1, 0.15) is 57.7 Å². The smallest absolute Gasteiger partial charge is 0.130 e. The Morgan fingerprint density at radius 1 is 1.24 bits per heavy atom. The molecule has 114 valence electrons. The summed E-state index contributed by atoms with van der Waals surface area (Å²) in [6.07, 6.45) is 8.13. The number of rotatable bonds is 3. The number of nitrogens with zero attached hydrogens (tertiary/aromatic N) is 2. The highest BCUT2D eigenvalue weighted by atomic mass is 35.5. The van der Waals surface area contributed by atoms with Crippen LogP contribution < -0.4 is 5.73 Å². The number of halogens is 1. The van der Waals surface area contributed by atoms with Crippen molar-refractivity contribution in [2.75, 3.05) is 0 Å². The molecule has 2 aromatic rings. The molecule has 3 nitrogen and oxygen atoms in total. The topological polar surface area (TPSA) is 43.8 Å². The summed E-state index contributed by atoms with van der Waals surface area (Å²) in [6.45, 7) is 3.16. The molecular weight excluding hydrogens is 282 g/mol. The highest BCUT2D eigenvalue weighted by Gasteiger charge is 2.33. The average Bonchev–Trinajstić information content (AvgIpc) is 2.66. The second-order valence-electron chi connectivity index (χ2n) is 6.29. The van der Waals surface area contributed by atoms with Crippen molar-refractivity contribution in [1.29, 1.82) is 0 Å². The van der Waals surface area contributed by atoms with Crippen molar-refractivity contribution >= 4 is 22.6 Å². The quantitative estimate of drug-likeness (QED) is 0.842. The molecule has 1 saturated carbocycles. The molecule has 4 heteroatoms. The number of aromatic nitrogens is 2. The van der Waals surface area contributed by atoms with Crippen molar-refractivity contribution in [1.82, 2.24) is 9.55 Å². The van der Waals surface area contributed by atoms with Gasteiger partial charge in [-0.3, -0.25) is 0 Å². The molecule has 1 aliphatic carbocycles. The summed E-state index contributed by atoms with van der Waals surface area (Å²) in [5, 5.41) is 0.738. The molecule has 3 rings (SSSR count). The lowest BCUT2D eigenvalue weighted by atomic mass is 9.90. The largest absolute Gasteiger partial charge is 0.326 e. The van der Waals surface area contributed by atoms with E-state index in [0.717, 1.165) is 47.7 Å². The summed E-state index contributed by atoms with van der Waals surface area (Å²) >= 11 is 6.12. The van der Waals surface area contributed by atoms with E-state index in [2.05, 4.69) is 17.6 Å². The van der Waals surface area contributed by atoms with Gasteiger partial charge in [-0.2, -0.15) is 0 Å². The molecule has 1 aliphatic rings. The van der Waals surface area contributed by atoms with Crippen LogP contribution in [0.25, 0.3) is 11.0 Å². The number of hydrogen-bond acceptors (Lipinski definition) is 2. The van der Waals surface area contributed by atoms with Gasteiger partial charge in [0, 0.05) is 11.6 Å². The van der Waals surface area contributed by atoms with Crippen molar-refractivity contribution in [3.05, 3.63) is 29.0 Å². The first-order valence-corrected chi connectivity index (χ1v) is 8.47. The molecule has 0 unspecified atom stereocenters. The molecule has 0 spiro atoms. The average molecular weight is 306 g/mol. The van der Waals surface area contributed by atoms with E-state index >= 15 is 0 Å². The lowest BCUT2D eigenvalue weighted by molar-refractivity contribution is 0.348. The number of benzene rings is 1. The maximum absolute atomic E-state index is 6.80. The highest BCUT2D eigenvalue weighted by molar-refractivity contribution is 6.31. The number of nitrogens with two attached hydrogens (primary N) is 1. The molecule has 0 saturated heterocycles. The van der Waals surface area contributed by atoms with Gasteiger partial charge in [-0.1, -0.05) is 44.2 Å². The van der Waals surface area contributed by atoms with Crippen LogP contribution in [0, 0.1) is 0 Å². The summed E-state index contributed by atoms with van der Waals surface area (Å²) in [6, 6.07) is 5.97. The van der Waals surface area contributed by atoms with E-state index in [4.69, 9.17) is 22.3 Å². The van der Waals surface area contributed by atoms with E-state index in [0.29, 0.717) is 0 Å². The Balaban J connectivity index is 2.13. The maximum atomic E-state index is 6.80. The van der Waals surface area contributed by atoms with Gasteiger partial charge in [-0.15, -0.1) is 0 Å². The Kier molecular flexibility index (Phi) is 4.23. The summed E-state index contributed by atoms with van der Waals surface area (Å²) in [5.41, 5.74) is 8.65. The van der Waals surface area contributed by atoms with E-state index in [9.17, 15) is 0 Å². The van der Waals surface area contributed by atoms with Crippen LogP contribution in [0.5, 0.6) is 0 Å². The lowest BCUT2D eigenvalue weighted by Crippen LogP contribution is -2.39. The number of aryl methyl sites for hydroxylation is 1. The Hall–Kier alpha value is -1.06. The molecule has 1 heterocycles. The van der Waals surface area contributed by atoms with Gasteiger partial charge < -0.3 is 10.3 Å². The summed E-state index contributed by atoms with van der Waals surface area (Å²) in [5.74, 6) is 1.06. The molecule has 0 atom stereocenters. The van der Waals surface area contributed by atoms with Crippen LogP contribution in [-0.2, 0) is 12.1 Å². The van der Waals surface area contributed by atoms with E-state index in [1.807, 2.05) is 12.1 Å². The van der Waals surface area contributed by atoms with Gasteiger partial charge in [-0.25, -0.2) is 4.98 Å². The van der Waals surface area contributed by atoms with Crippen molar-refractivity contribution in [2.45, 2.75) is 64.0 Å². The molecule has 0 amide bonds. The zero-order valence-electron chi connectivity index (χ0n) is 12.7. The molecule has 1 fully saturated rings. The predicted octanol–water partition coefficient (Wildman–Crippen LogP) is 4.61. The van der Waals surface area contributed by atoms with Crippen molar-refractivity contribution in [3.63, 3.8) is 0 Å². The van der Waals surface area contributed by atoms with Crippen LogP contribution in [-0.4, -0.2) is 9.55 Å². The van der Waals surface area contributed by atoms with Gasteiger partial charge in [0.15, 0.2) is 0 Å². The molecule has 1 aromatic carbocycles. The summed E-state index contributed by atoms with van der Waals surface area (Å²) in [4.78, 5) is 4.88. The highest BCUT2D eigenvalue weighted by Crippen LogP contribution is 2.35. The lowest BCUT2D eigenvalue weighted by Gasteiger charge is -2.28. The number of hydrogen-bond donors (Lipinski definition) is 1. The molecule has 0 radical (unpaired) electrons. The SMILES string of the molecule is CCCn1c(C2(N)CCCCCC2)nc2cc(Cl)ccc21. The normalized spacial score (nSPS) is 18.8. The van der Waals surface area contributed by atoms with Crippen LogP contribution in [0.2, 0.25) is 5.02 Å². The Bertz CT molecular complexity index is 624. The first-order chi connectivity index (χ1) is 10.1. The van der Waals surface area contributed by atoms with E-state index < -0.39 is 0 Å². The van der Waals surface area contributed by atoms with Crippen LogP contribution >= 0.6 is 11.6 Å². The van der Waals surface area contributed by atoms with Crippen LogP contribution in [0.15, 0.2) is 18.2 Å². The number of imidazole rings is 1. The fourth-order valence-electron chi connectivity index (χ4n) is 3.52. The van der Waals surface area contributed by atoms with Crippen LogP contribution in [0.3, 0.4) is 0 Å². The monoisotopic (exact) mass is 305 g/mol. The van der Waals surface area contributed by atoms with Gasteiger partial charge in [0.1, 0.15) is 5.82 Å². The third kappa shape index (κ3) is 2.82. The maximum Gasteiger partial charge on any atom is 0.130 e. The molecule has 2 N–H and O–H groups in total. The van der Waals surface area contributed by atoms with Gasteiger partial charge >= 0.3 is 0 Å². The van der Waals surface area contributed by atoms with Gasteiger partial charge in [0.25, 0.3) is 0 Å². The Morgan fingerprint density at radius 2 is 1.95 bits per heavy atom. The molecule has 21 heavy (non-hydrogen) atoms. The van der Waals surface area contributed by atoms with E-state index in [-0.39, 0.29) is 5.54 Å². The third-order valence-electron chi connectivity index (χ3n) is 4.60. The zero-order chi connectivity index (χ0) is 14.9.